The summed E-state index contributed by atoms with van der Waals surface area (Å²) in [5, 5.41) is 0. The maximum absolute atomic E-state index is 12.7. The first kappa shape index (κ1) is 20.4. The number of halogens is 3. The summed E-state index contributed by atoms with van der Waals surface area (Å²) in [6, 6.07) is 9.02. The first-order chi connectivity index (χ1) is 12.5. The number of Topliss-reactive ketones (excluding diaryl/α,β-unsaturated/α-hetero) is 1. The summed E-state index contributed by atoms with van der Waals surface area (Å²) in [5.74, 6) is -1.66. The second kappa shape index (κ2) is 7.78. The fourth-order valence-electron chi connectivity index (χ4n) is 2.06. The molecule has 0 aliphatic rings. The van der Waals surface area contributed by atoms with Crippen molar-refractivity contribution in [3.05, 3.63) is 65.2 Å². The highest BCUT2D eigenvalue weighted by Gasteiger charge is 2.31. The molecule has 2 rings (SSSR count). The summed E-state index contributed by atoms with van der Waals surface area (Å²) in [6.07, 6.45) is -3.63. The fraction of sp³-hybridized carbons (Fsp3) is 0.176. The summed E-state index contributed by atoms with van der Waals surface area (Å²) in [6.45, 7) is -0.673. The smallest absolute Gasteiger partial charge is 0.416 e. The molecule has 0 aromatic heterocycles. The van der Waals surface area contributed by atoms with E-state index < -0.39 is 40.1 Å². The number of esters is 1. The second-order valence-electron chi connectivity index (χ2n) is 5.53. The van der Waals surface area contributed by atoms with Crippen LogP contribution in [0.3, 0.4) is 0 Å². The highest BCUT2D eigenvalue weighted by Crippen LogP contribution is 2.29. The van der Waals surface area contributed by atoms with Crippen LogP contribution in [0.15, 0.2) is 48.5 Å². The molecule has 0 bridgehead atoms. The molecule has 10 heteroatoms. The van der Waals surface area contributed by atoms with Crippen LogP contribution in [-0.2, 0) is 20.9 Å². The third-order valence-corrected chi connectivity index (χ3v) is 3.88. The van der Waals surface area contributed by atoms with Crippen LogP contribution in [0.4, 0.5) is 18.9 Å². The van der Waals surface area contributed by atoms with Gasteiger partial charge in [0.1, 0.15) is 0 Å². The summed E-state index contributed by atoms with van der Waals surface area (Å²) in [5.41, 5.74) is -0.941. The highest BCUT2D eigenvalue weighted by atomic mass is 32.2. The number of ketones is 1. The van der Waals surface area contributed by atoms with Crippen molar-refractivity contribution in [1.82, 2.24) is 0 Å². The van der Waals surface area contributed by atoms with Gasteiger partial charge in [-0.2, -0.15) is 13.2 Å². The zero-order valence-corrected chi connectivity index (χ0v) is 14.7. The van der Waals surface area contributed by atoms with Crippen LogP contribution >= 0.6 is 0 Å². The molecule has 0 unspecified atom stereocenters. The molecule has 0 spiro atoms. The molecule has 0 aliphatic heterocycles. The maximum atomic E-state index is 12.7. The van der Waals surface area contributed by atoms with Crippen molar-refractivity contribution in [2.24, 2.45) is 0 Å². The lowest BCUT2D eigenvalue weighted by atomic mass is 10.1. The summed E-state index contributed by atoms with van der Waals surface area (Å²) >= 11 is 0. The number of ether oxygens (including phenoxy) is 1. The van der Waals surface area contributed by atoms with Crippen LogP contribution in [0.1, 0.15) is 26.3 Å². The Morgan fingerprint density at radius 3 is 2.22 bits per heavy atom. The SMILES string of the molecule is CS(=O)(=O)Nc1ccc(C(=O)COC(=O)c2cccc(C(F)(F)F)c2)cc1. The van der Waals surface area contributed by atoms with Crippen molar-refractivity contribution in [1.29, 1.82) is 0 Å². The van der Waals surface area contributed by atoms with Crippen molar-refractivity contribution in [3.8, 4) is 0 Å². The van der Waals surface area contributed by atoms with E-state index in [2.05, 4.69) is 4.72 Å². The predicted octanol–water partition coefficient (Wildman–Crippen LogP) is 3.12. The molecule has 0 radical (unpaired) electrons. The lowest BCUT2D eigenvalue weighted by Gasteiger charge is -2.09. The van der Waals surface area contributed by atoms with Gasteiger partial charge >= 0.3 is 12.1 Å². The van der Waals surface area contributed by atoms with E-state index in [1.165, 1.54) is 24.3 Å². The molecule has 6 nitrogen and oxygen atoms in total. The summed E-state index contributed by atoms with van der Waals surface area (Å²) in [4.78, 5) is 23.9. The van der Waals surface area contributed by atoms with E-state index in [4.69, 9.17) is 4.74 Å². The highest BCUT2D eigenvalue weighted by molar-refractivity contribution is 7.92. The Morgan fingerprint density at radius 1 is 1.04 bits per heavy atom. The molecular weight excluding hydrogens is 387 g/mol. The minimum Gasteiger partial charge on any atom is -0.454 e. The van der Waals surface area contributed by atoms with Crippen LogP contribution in [-0.4, -0.2) is 33.0 Å². The molecule has 0 amide bonds. The zero-order valence-electron chi connectivity index (χ0n) is 13.9. The maximum Gasteiger partial charge on any atom is 0.416 e. The average molecular weight is 401 g/mol. The number of hydrogen-bond donors (Lipinski definition) is 1. The Balaban J connectivity index is 2.00. The van der Waals surface area contributed by atoms with Crippen LogP contribution in [0.2, 0.25) is 0 Å². The second-order valence-corrected chi connectivity index (χ2v) is 7.28. The van der Waals surface area contributed by atoms with Crippen molar-refractivity contribution < 1.29 is 35.9 Å². The molecule has 0 saturated heterocycles. The molecule has 2 aromatic rings. The third kappa shape index (κ3) is 6.10. The molecule has 0 fully saturated rings. The van der Waals surface area contributed by atoms with Gasteiger partial charge in [0.25, 0.3) is 0 Å². The molecular formula is C17H14F3NO5S. The fourth-order valence-corrected chi connectivity index (χ4v) is 2.62. The van der Waals surface area contributed by atoms with Gasteiger partial charge in [-0.05, 0) is 42.5 Å². The van der Waals surface area contributed by atoms with Gasteiger partial charge in [0.15, 0.2) is 12.4 Å². The number of hydrogen-bond acceptors (Lipinski definition) is 5. The van der Waals surface area contributed by atoms with E-state index >= 15 is 0 Å². The monoisotopic (exact) mass is 401 g/mol. The number of anilines is 1. The first-order valence-electron chi connectivity index (χ1n) is 7.41. The van der Waals surface area contributed by atoms with E-state index in [9.17, 15) is 31.2 Å². The Kier molecular flexibility index (Phi) is 5.89. The van der Waals surface area contributed by atoms with Gasteiger partial charge in [-0.25, -0.2) is 13.2 Å². The van der Waals surface area contributed by atoms with Crippen LogP contribution in [0.25, 0.3) is 0 Å². The molecule has 0 atom stereocenters. The Hall–Kier alpha value is -2.88. The van der Waals surface area contributed by atoms with Gasteiger partial charge in [-0.3, -0.25) is 9.52 Å². The van der Waals surface area contributed by atoms with Crippen molar-refractivity contribution in [2.75, 3.05) is 17.6 Å². The zero-order chi connectivity index (χ0) is 20.2. The van der Waals surface area contributed by atoms with E-state index in [-0.39, 0.29) is 16.8 Å². The summed E-state index contributed by atoms with van der Waals surface area (Å²) in [7, 11) is -3.46. The Labute approximate surface area is 153 Å². The normalized spacial score (nSPS) is 11.7. The quantitative estimate of drug-likeness (QED) is 0.593. The van der Waals surface area contributed by atoms with Crippen molar-refractivity contribution >= 4 is 27.5 Å². The topological polar surface area (TPSA) is 89.5 Å². The van der Waals surface area contributed by atoms with Crippen LogP contribution < -0.4 is 4.72 Å². The molecule has 27 heavy (non-hydrogen) atoms. The van der Waals surface area contributed by atoms with Gasteiger partial charge in [0.05, 0.1) is 17.4 Å². The van der Waals surface area contributed by atoms with Gasteiger partial charge in [0.2, 0.25) is 10.0 Å². The average Bonchev–Trinajstić information content (AvgIpc) is 2.58. The van der Waals surface area contributed by atoms with Gasteiger partial charge in [-0.1, -0.05) is 6.07 Å². The van der Waals surface area contributed by atoms with Crippen LogP contribution in [0.5, 0.6) is 0 Å². The van der Waals surface area contributed by atoms with Gasteiger partial charge < -0.3 is 4.74 Å². The van der Waals surface area contributed by atoms with E-state index in [0.717, 1.165) is 24.5 Å². The number of benzene rings is 2. The number of carbonyl (C=O) groups is 2. The minimum absolute atomic E-state index is 0.144. The number of alkyl halides is 3. The molecule has 0 aliphatic carbocycles. The third-order valence-electron chi connectivity index (χ3n) is 3.27. The molecule has 0 saturated carbocycles. The Bertz CT molecular complexity index is 953. The van der Waals surface area contributed by atoms with Crippen molar-refractivity contribution in [3.63, 3.8) is 0 Å². The van der Waals surface area contributed by atoms with Crippen molar-refractivity contribution in [2.45, 2.75) is 6.18 Å². The van der Waals surface area contributed by atoms with Gasteiger partial charge in [0, 0.05) is 11.3 Å². The summed E-state index contributed by atoms with van der Waals surface area (Å²) < 4.78 is 67.2. The van der Waals surface area contributed by atoms with E-state index in [1.54, 1.807) is 0 Å². The largest absolute Gasteiger partial charge is 0.454 e. The predicted molar refractivity (Wildman–Crippen MR) is 91.0 cm³/mol. The van der Waals surface area contributed by atoms with E-state index in [0.29, 0.717) is 6.07 Å². The Morgan fingerprint density at radius 2 is 1.67 bits per heavy atom. The number of sulfonamides is 1. The standard InChI is InChI=1S/C17H14F3NO5S/c1-27(24,25)21-14-7-5-11(6-8-14)15(22)10-26-16(23)12-3-2-4-13(9-12)17(18,19)20/h2-9,21H,10H2,1H3. The molecule has 144 valence electrons. The number of nitrogens with one attached hydrogen (secondary N) is 1. The van der Waals surface area contributed by atoms with Crippen LogP contribution in [0, 0.1) is 0 Å². The van der Waals surface area contributed by atoms with E-state index in [1.807, 2.05) is 0 Å². The molecule has 0 heterocycles. The van der Waals surface area contributed by atoms with Gasteiger partial charge in [-0.15, -0.1) is 0 Å². The lowest BCUT2D eigenvalue weighted by Crippen LogP contribution is -2.15. The number of carbonyl (C=O) groups excluding carboxylic acids is 2. The molecule has 2 aromatic carbocycles. The molecule has 1 N–H and O–H groups in total. The lowest BCUT2D eigenvalue weighted by molar-refractivity contribution is -0.137. The number of rotatable bonds is 6. The first-order valence-corrected chi connectivity index (χ1v) is 9.30. The minimum atomic E-state index is -4.60.